The zero-order valence-corrected chi connectivity index (χ0v) is 16.3. The highest BCUT2D eigenvalue weighted by atomic mass is 19.2. The van der Waals surface area contributed by atoms with Crippen LogP contribution in [0.1, 0.15) is 28.9 Å². The molecular formula is C19H19F3N6O3. The van der Waals surface area contributed by atoms with E-state index < -0.39 is 48.2 Å². The van der Waals surface area contributed by atoms with Crippen molar-refractivity contribution in [3.8, 4) is 0 Å². The summed E-state index contributed by atoms with van der Waals surface area (Å²) < 4.78 is 40.9. The molecule has 1 fully saturated rings. The number of hydrogen-bond donors (Lipinski definition) is 4. The number of aromatic amines is 1. The summed E-state index contributed by atoms with van der Waals surface area (Å²) in [6.45, 7) is -0.399. The second kappa shape index (κ2) is 8.12. The van der Waals surface area contributed by atoms with Gasteiger partial charge in [0, 0.05) is 25.2 Å². The highest BCUT2D eigenvalue weighted by Gasteiger charge is 2.34. The average Bonchev–Trinajstić information content (AvgIpc) is 3.30. The summed E-state index contributed by atoms with van der Waals surface area (Å²) in [6, 6.07) is 0.746. The van der Waals surface area contributed by atoms with Gasteiger partial charge in [-0.05, 0) is 18.9 Å². The monoisotopic (exact) mass is 436 g/mol. The molecule has 0 unspecified atom stereocenters. The second-order valence-electron chi connectivity index (χ2n) is 7.43. The number of aromatic nitrogens is 4. The number of benzene rings is 1. The molecule has 1 aromatic carbocycles. The van der Waals surface area contributed by atoms with Crippen LogP contribution in [0, 0.1) is 17.5 Å². The zero-order chi connectivity index (χ0) is 22.3. The summed E-state index contributed by atoms with van der Waals surface area (Å²) >= 11 is 0. The Hall–Kier alpha value is -3.25. The van der Waals surface area contributed by atoms with Gasteiger partial charge < -0.3 is 20.4 Å². The van der Waals surface area contributed by atoms with Crippen molar-refractivity contribution in [3.63, 3.8) is 0 Å². The van der Waals surface area contributed by atoms with E-state index in [1.54, 1.807) is 0 Å². The minimum Gasteiger partial charge on any atom is -0.390 e. The highest BCUT2D eigenvalue weighted by molar-refractivity contribution is 6.07. The summed E-state index contributed by atoms with van der Waals surface area (Å²) in [4.78, 5) is 22.2. The van der Waals surface area contributed by atoms with Gasteiger partial charge in [0.15, 0.2) is 17.3 Å². The number of carbonyl (C=O) groups is 1. The molecule has 0 aliphatic heterocycles. The Morgan fingerprint density at radius 3 is 2.74 bits per heavy atom. The summed E-state index contributed by atoms with van der Waals surface area (Å²) in [5, 5.41) is 29.6. The molecule has 0 saturated heterocycles. The molecule has 1 saturated carbocycles. The van der Waals surface area contributed by atoms with Crippen molar-refractivity contribution in [2.24, 2.45) is 0 Å². The number of hydrogen-bond acceptors (Lipinski definition) is 7. The Morgan fingerprint density at radius 2 is 2.03 bits per heavy atom. The fraction of sp³-hybridized carbons (Fsp3) is 0.368. The number of amides is 1. The molecule has 4 N–H and O–H groups in total. The topological polar surface area (TPSA) is 127 Å². The Labute approximate surface area is 173 Å². The third-order valence-corrected chi connectivity index (χ3v) is 5.29. The molecule has 1 amide bonds. The first kappa shape index (κ1) is 21.0. The lowest BCUT2D eigenvalue weighted by Gasteiger charge is -2.20. The fourth-order valence-electron chi connectivity index (χ4n) is 3.66. The van der Waals surface area contributed by atoms with Crippen LogP contribution in [0.15, 0.2) is 18.5 Å². The van der Waals surface area contributed by atoms with Crippen LogP contribution in [0.5, 0.6) is 0 Å². The normalized spacial score (nSPS) is 20.9. The summed E-state index contributed by atoms with van der Waals surface area (Å²) in [5.74, 6) is -3.97. The highest BCUT2D eigenvalue weighted by Crippen LogP contribution is 2.28. The van der Waals surface area contributed by atoms with E-state index in [1.165, 1.54) is 13.4 Å². The van der Waals surface area contributed by atoms with Gasteiger partial charge in [-0.3, -0.25) is 9.89 Å². The molecule has 4 rings (SSSR count). The predicted molar refractivity (Wildman–Crippen MR) is 102 cm³/mol. The molecular weight excluding hydrogens is 417 g/mol. The first-order chi connectivity index (χ1) is 14.8. The van der Waals surface area contributed by atoms with Crippen molar-refractivity contribution < 1.29 is 28.2 Å². The number of carbonyl (C=O) groups excluding carboxylic acids is 1. The maximum atomic E-state index is 14.0. The fourth-order valence-corrected chi connectivity index (χ4v) is 3.66. The van der Waals surface area contributed by atoms with Crippen LogP contribution < -0.4 is 5.32 Å². The minimum absolute atomic E-state index is 0.0223. The largest absolute Gasteiger partial charge is 0.390 e. The first-order valence-electron chi connectivity index (χ1n) is 9.47. The predicted octanol–water partition coefficient (Wildman–Crippen LogP) is 1.34. The summed E-state index contributed by atoms with van der Waals surface area (Å²) in [7, 11) is 1.34. The third kappa shape index (κ3) is 3.91. The number of nitrogens with one attached hydrogen (secondary N) is 2. The van der Waals surface area contributed by atoms with E-state index in [0.717, 1.165) is 11.0 Å². The standard InChI is InChI=1S/C19H19F3N6O3/c1-28(6-8-4-9(20)5-10(21)14(8)22)19(31)15-13-17(23-7-24-18(13)27-26-15)25-11-2-3-12(29)16(11)30/h4-5,7,11-12,16,29-30H,2-3,6H2,1H3,(H2,23,24,25,26,27)/t11-,12-,16+/m1/s1. The molecule has 9 nitrogen and oxygen atoms in total. The summed E-state index contributed by atoms with van der Waals surface area (Å²) in [6.07, 6.45) is 0.242. The number of anilines is 1. The third-order valence-electron chi connectivity index (χ3n) is 5.29. The van der Waals surface area contributed by atoms with Gasteiger partial charge in [0.2, 0.25) is 0 Å². The maximum Gasteiger partial charge on any atom is 0.272 e. The second-order valence-corrected chi connectivity index (χ2v) is 7.43. The van der Waals surface area contributed by atoms with Crippen LogP contribution in [-0.2, 0) is 6.54 Å². The van der Waals surface area contributed by atoms with E-state index in [4.69, 9.17) is 0 Å². The van der Waals surface area contributed by atoms with Gasteiger partial charge in [0.05, 0.1) is 23.6 Å². The molecule has 0 bridgehead atoms. The van der Waals surface area contributed by atoms with Crippen molar-refractivity contribution in [1.29, 1.82) is 0 Å². The minimum atomic E-state index is -1.35. The van der Waals surface area contributed by atoms with E-state index >= 15 is 0 Å². The van der Waals surface area contributed by atoms with Gasteiger partial charge >= 0.3 is 0 Å². The van der Waals surface area contributed by atoms with Crippen LogP contribution >= 0.6 is 0 Å². The van der Waals surface area contributed by atoms with Gasteiger partial charge in [0.1, 0.15) is 23.7 Å². The Balaban J connectivity index is 1.63. The number of rotatable bonds is 5. The Morgan fingerprint density at radius 1 is 1.26 bits per heavy atom. The van der Waals surface area contributed by atoms with E-state index in [-0.39, 0.29) is 28.1 Å². The Bertz CT molecular complexity index is 1140. The molecule has 3 aromatic rings. The Kier molecular flexibility index (Phi) is 5.50. The molecule has 1 aliphatic carbocycles. The van der Waals surface area contributed by atoms with E-state index in [9.17, 15) is 28.2 Å². The first-order valence-corrected chi connectivity index (χ1v) is 9.47. The van der Waals surface area contributed by atoms with E-state index in [1.807, 2.05) is 0 Å². The van der Waals surface area contributed by atoms with E-state index in [0.29, 0.717) is 18.9 Å². The molecule has 1 aliphatic rings. The van der Waals surface area contributed by atoms with Crippen LogP contribution in [0.25, 0.3) is 11.0 Å². The van der Waals surface area contributed by atoms with E-state index in [2.05, 4.69) is 25.5 Å². The number of fused-ring (bicyclic) bond motifs is 1. The lowest BCUT2D eigenvalue weighted by atomic mass is 10.1. The molecule has 12 heteroatoms. The zero-order valence-electron chi connectivity index (χ0n) is 16.3. The maximum absolute atomic E-state index is 14.0. The molecule has 31 heavy (non-hydrogen) atoms. The van der Waals surface area contributed by atoms with Gasteiger partial charge in [-0.1, -0.05) is 0 Å². The number of aliphatic hydroxyl groups excluding tert-OH is 2. The molecule has 2 aromatic heterocycles. The van der Waals surface area contributed by atoms with Gasteiger partial charge in [-0.25, -0.2) is 23.1 Å². The van der Waals surface area contributed by atoms with Crippen molar-refractivity contribution >= 4 is 22.8 Å². The number of H-pyrrole nitrogens is 1. The smallest absolute Gasteiger partial charge is 0.272 e. The number of nitrogens with zero attached hydrogens (tertiary/aromatic N) is 4. The van der Waals surface area contributed by atoms with Gasteiger partial charge in [-0.15, -0.1) is 0 Å². The van der Waals surface area contributed by atoms with Crippen LogP contribution in [0.4, 0.5) is 19.0 Å². The van der Waals surface area contributed by atoms with Gasteiger partial charge in [-0.2, -0.15) is 5.10 Å². The number of aliphatic hydroxyl groups is 2. The molecule has 2 heterocycles. The van der Waals surface area contributed by atoms with Crippen LogP contribution in [0.2, 0.25) is 0 Å². The van der Waals surface area contributed by atoms with Crippen molar-refractivity contribution in [3.05, 3.63) is 47.2 Å². The van der Waals surface area contributed by atoms with Crippen molar-refractivity contribution in [2.75, 3.05) is 12.4 Å². The average molecular weight is 436 g/mol. The van der Waals surface area contributed by atoms with Crippen LogP contribution in [0.3, 0.4) is 0 Å². The summed E-state index contributed by atoms with van der Waals surface area (Å²) in [5.41, 5.74) is -0.175. The lowest BCUT2D eigenvalue weighted by Crippen LogP contribution is -2.34. The van der Waals surface area contributed by atoms with Gasteiger partial charge in [0.25, 0.3) is 5.91 Å². The number of halogens is 3. The van der Waals surface area contributed by atoms with Crippen LogP contribution in [-0.4, -0.2) is 66.5 Å². The molecule has 3 atom stereocenters. The lowest BCUT2D eigenvalue weighted by molar-refractivity contribution is 0.0392. The molecule has 0 radical (unpaired) electrons. The molecule has 164 valence electrons. The molecule has 0 spiro atoms. The SMILES string of the molecule is CN(Cc1cc(F)cc(F)c1F)C(=O)c1[nH]nc2ncnc(N[C@@H]3CC[C@@H](O)[C@H]3O)c12. The van der Waals surface area contributed by atoms with Crippen molar-refractivity contribution in [1.82, 2.24) is 25.1 Å². The van der Waals surface area contributed by atoms with Crippen molar-refractivity contribution in [2.45, 2.75) is 37.6 Å². The quantitative estimate of drug-likeness (QED) is 0.445.